The van der Waals surface area contributed by atoms with Gasteiger partial charge in [-0.1, -0.05) is 0 Å². The first-order valence-electron chi connectivity index (χ1n) is 2.71. The number of carboxylic acids is 1. The van der Waals surface area contributed by atoms with Gasteiger partial charge in [-0.25, -0.2) is 0 Å². The van der Waals surface area contributed by atoms with Crippen LogP contribution in [-0.4, -0.2) is 54.9 Å². The number of carbonyl (C=O) groups is 1. The number of hydrogen-bond acceptors (Lipinski definition) is 4. The Hall–Kier alpha value is 0.446. The van der Waals surface area contributed by atoms with Crippen LogP contribution in [0.5, 0.6) is 0 Å². The average molecular weight is 191 g/mol. The molecule has 1 atom stereocenters. The topological polar surface area (TPSA) is 58.6 Å². The van der Waals surface area contributed by atoms with Crippen LogP contribution in [0.3, 0.4) is 0 Å². The molecule has 1 unspecified atom stereocenters. The van der Waals surface area contributed by atoms with E-state index >= 15 is 0 Å². The maximum atomic E-state index is 10.0. The fourth-order valence-corrected chi connectivity index (χ4v) is 0.624. The Bertz CT molecular complexity index is 115. The summed E-state index contributed by atoms with van der Waals surface area (Å²) in [5.41, 5.74) is 0. The summed E-state index contributed by atoms with van der Waals surface area (Å²) in [5, 5.41) is 10.0. The second-order valence-corrected chi connectivity index (χ2v) is 1.75. The molecule has 1 aliphatic heterocycles. The third kappa shape index (κ3) is 4.81. The van der Waals surface area contributed by atoms with Crippen molar-refractivity contribution in [3.05, 3.63) is 0 Å². The van der Waals surface area contributed by atoms with Crippen LogP contribution < -0.4 is 17.5 Å². The molecule has 0 aromatic carbocycles. The van der Waals surface area contributed by atoms with Gasteiger partial charge < -0.3 is 31.8 Å². The zero-order chi connectivity index (χ0) is 6.69. The summed E-state index contributed by atoms with van der Waals surface area (Å²) in [6.07, 6.45) is -0.862. The zero-order valence-electron chi connectivity index (χ0n) is 5.92. The van der Waals surface area contributed by atoms with Crippen LogP contribution in [0.4, 0.5) is 0 Å². The smallest absolute Gasteiger partial charge is 1.00 e. The van der Waals surface area contributed by atoms with E-state index < -0.39 is 12.1 Å². The zero-order valence-corrected chi connectivity index (χ0v) is 8.09. The van der Waals surface area contributed by atoms with Crippen molar-refractivity contribution in [3.8, 4) is 0 Å². The first kappa shape index (κ1) is 14.0. The fourth-order valence-electron chi connectivity index (χ4n) is 0.624. The van der Waals surface area contributed by atoms with E-state index in [2.05, 4.69) is 0 Å². The van der Waals surface area contributed by atoms with Gasteiger partial charge in [0, 0.05) is 0 Å². The third-order valence-corrected chi connectivity index (χ3v) is 1.08. The Morgan fingerprint density at radius 3 is 2.36 bits per heavy atom. The molecule has 11 heavy (non-hydrogen) atoms. The Morgan fingerprint density at radius 2 is 2.09 bits per heavy atom. The van der Waals surface area contributed by atoms with Crippen molar-refractivity contribution in [3.63, 3.8) is 0 Å². The van der Waals surface area contributed by atoms with Gasteiger partial charge in [-0.3, -0.25) is 0 Å². The Kier molecular flexibility index (Phi) is 9.05. The van der Waals surface area contributed by atoms with Gasteiger partial charge in [-0.2, -0.15) is 0 Å². The number of halogens is 1. The van der Waals surface area contributed by atoms with E-state index in [1.165, 1.54) is 0 Å². The normalized spacial score (nSPS) is 22.7. The van der Waals surface area contributed by atoms with Crippen LogP contribution in [0, 0.1) is 0 Å². The maximum Gasteiger partial charge on any atom is 2.00 e. The Labute approximate surface area is 86.8 Å². The molecule has 1 saturated heterocycles. The molecule has 1 fully saturated rings. The molecule has 0 aliphatic carbocycles. The van der Waals surface area contributed by atoms with Crippen molar-refractivity contribution in [2.75, 3.05) is 19.8 Å². The summed E-state index contributed by atoms with van der Waals surface area (Å²) in [7, 11) is 0. The third-order valence-electron chi connectivity index (χ3n) is 1.08. The van der Waals surface area contributed by atoms with E-state index in [4.69, 9.17) is 9.47 Å². The van der Waals surface area contributed by atoms with Gasteiger partial charge in [0.05, 0.1) is 25.8 Å². The summed E-state index contributed by atoms with van der Waals surface area (Å²) >= 11 is 0. The minimum atomic E-state index is -1.20. The minimum absolute atomic E-state index is 0. The van der Waals surface area contributed by atoms with Crippen molar-refractivity contribution in [2.24, 2.45) is 0 Å². The van der Waals surface area contributed by atoms with E-state index in [-0.39, 0.29) is 42.1 Å². The largest absolute Gasteiger partial charge is 2.00 e. The summed E-state index contributed by atoms with van der Waals surface area (Å²) in [6.45, 7) is 0.935. The molecule has 0 saturated carbocycles. The van der Waals surface area contributed by atoms with Gasteiger partial charge in [0.1, 0.15) is 6.10 Å². The van der Waals surface area contributed by atoms with Crippen LogP contribution in [0.15, 0.2) is 0 Å². The van der Waals surface area contributed by atoms with Crippen molar-refractivity contribution < 1.29 is 31.8 Å². The number of aliphatic carboxylic acids is 1. The summed E-state index contributed by atoms with van der Waals surface area (Å²) in [4.78, 5) is 10.0. The summed E-state index contributed by atoms with van der Waals surface area (Å²) < 4.78 is 9.55. The van der Waals surface area contributed by atoms with Gasteiger partial charge in [0.25, 0.3) is 0 Å². The molecule has 4 nitrogen and oxygen atoms in total. The second kappa shape index (κ2) is 7.11. The van der Waals surface area contributed by atoms with Gasteiger partial charge in [0.15, 0.2) is 0 Å². The summed E-state index contributed by atoms with van der Waals surface area (Å²) in [5.74, 6) is -1.20. The molecule has 0 N–H and O–H groups in total. The standard InChI is InChI=1S/C5H8O4.ClH.Mg/c6-5(7)4-3-8-1-2-9-4;;/h4H,1-3H2,(H,6,7);1H;/q;;+2/p-2. The van der Waals surface area contributed by atoms with E-state index in [0.29, 0.717) is 13.2 Å². The number of ether oxygens (including phenoxy) is 2. The molecule has 0 aromatic rings. The maximum absolute atomic E-state index is 10.0. The van der Waals surface area contributed by atoms with E-state index in [9.17, 15) is 9.90 Å². The van der Waals surface area contributed by atoms with Crippen LogP contribution in [0.2, 0.25) is 0 Å². The Morgan fingerprint density at radius 1 is 1.45 bits per heavy atom. The number of rotatable bonds is 1. The molecule has 1 aliphatic rings. The summed E-state index contributed by atoms with van der Waals surface area (Å²) in [6, 6.07) is 0. The minimum Gasteiger partial charge on any atom is -1.00 e. The average Bonchev–Trinajstić information content (AvgIpc) is 1.90. The molecule has 60 valence electrons. The quantitative estimate of drug-likeness (QED) is 0.388. The first-order valence-corrected chi connectivity index (χ1v) is 2.71. The van der Waals surface area contributed by atoms with Crippen LogP contribution in [0.1, 0.15) is 0 Å². The fraction of sp³-hybridized carbons (Fsp3) is 0.800. The first-order chi connectivity index (χ1) is 4.30. The molecule has 0 spiro atoms. The molecule has 1 rings (SSSR count). The van der Waals surface area contributed by atoms with E-state index in [0.717, 1.165) is 0 Å². The molecular formula is C5H7ClMgO4. The molecule has 0 radical (unpaired) electrons. The van der Waals surface area contributed by atoms with E-state index in [1.54, 1.807) is 0 Å². The van der Waals surface area contributed by atoms with Crippen molar-refractivity contribution in [2.45, 2.75) is 6.10 Å². The van der Waals surface area contributed by atoms with E-state index in [1.807, 2.05) is 0 Å². The number of carbonyl (C=O) groups excluding carboxylic acids is 1. The molecule has 1 heterocycles. The van der Waals surface area contributed by atoms with Gasteiger partial charge in [0.2, 0.25) is 0 Å². The monoisotopic (exact) mass is 190 g/mol. The van der Waals surface area contributed by atoms with Crippen LogP contribution in [0.25, 0.3) is 0 Å². The van der Waals surface area contributed by atoms with Gasteiger partial charge in [-0.05, 0) is 0 Å². The number of carboxylic acid groups (broad SMARTS) is 1. The molecule has 0 amide bonds. The second-order valence-electron chi connectivity index (χ2n) is 1.75. The van der Waals surface area contributed by atoms with Gasteiger partial charge >= 0.3 is 23.1 Å². The SMILES string of the molecule is O=C([O-])C1COCCO1.[Cl-].[Mg+2]. The molecular weight excluding hydrogens is 184 g/mol. The number of hydrogen-bond donors (Lipinski definition) is 0. The molecule has 6 heteroatoms. The van der Waals surface area contributed by atoms with Crippen molar-refractivity contribution in [1.82, 2.24) is 0 Å². The predicted octanol–water partition coefficient (Wildman–Crippen LogP) is -5.23. The van der Waals surface area contributed by atoms with Crippen molar-refractivity contribution >= 4 is 29.0 Å². The molecule has 0 aromatic heterocycles. The van der Waals surface area contributed by atoms with Gasteiger partial charge in [-0.15, -0.1) is 0 Å². The van der Waals surface area contributed by atoms with Crippen molar-refractivity contribution in [1.29, 1.82) is 0 Å². The van der Waals surface area contributed by atoms with Crippen LogP contribution in [-0.2, 0) is 14.3 Å². The molecule has 0 bridgehead atoms. The van der Waals surface area contributed by atoms with Crippen LogP contribution >= 0.6 is 0 Å². The predicted molar refractivity (Wildman–Crippen MR) is 31.3 cm³/mol. The Balaban J connectivity index is 0.